The van der Waals surface area contributed by atoms with Crippen molar-refractivity contribution in [3.8, 4) is 0 Å². The summed E-state index contributed by atoms with van der Waals surface area (Å²) in [5, 5.41) is 2.81. The maximum atomic E-state index is 11.9. The molecule has 0 aliphatic carbocycles. The van der Waals surface area contributed by atoms with E-state index in [2.05, 4.69) is 21.2 Å². The molecule has 1 aromatic carbocycles. The van der Waals surface area contributed by atoms with Gasteiger partial charge in [0.1, 0.15) is 0 Å². The molecule has 5 nitrogen and oxygen atoms in total. The third kappa shape index (κ3) is 6.73. The summed E-state index contributed by atoms with van der Waals surface area (Å²) in [7, 11) is 1.64. The maximum absolute atomic E-state index is 11.9. The van der Waals surface area contributed by atoms with E-state index in [4.69, 9.17) is 4.74 Å². The van der Waals surface area contributed by atoms with E-state index in [-0.39, 0.29) is 11.8 Å². The van der Waals surface area contributed by atoms with Crippen molar-refractivity contribution in [1.82, 2.24) is 10.2 Å². The Labute approximate surface area is 133 Å². The smallest absolute Gasteiger partial charge is 0.251 e. The van der Waals surface area contributed by atoms with Crippen LogP contribution in [0.15, 0.2) is 28.7 Å². The third-order valence-corrected chi connectivity index (χ3v) is 3.52. The Morgan fingerprint density at radius 3 is 2.48 bits per heavy atom. The van der Waals surface area contributed by atoms with Gasteiger partial charge in [0.15, 0.2) is 0 Å². The number of nitrogens with one attached hydrogen (secondary N) is 1. The topological polar surface area (TPSA) is 58.6 Å². The highest BCUT2D eigenvalue weighted by Crippen LogP contribution is 2.10. The molecule has 21 heavy (non-hydrogen) atoms. The van der Waals surface area contributed by atoms with E-state index in [1.54, 1.807) is 24.1 Å². The fraction of sp³-hybridized carbons (Fsp3) is 0.467. The van der Waals surface area contributed by atoms with Gasteiger partial charge in [-0.2, -0.15) is 0 Å². The Morgan fingerprint density at radius 1 is 1.24 bits per heavy atom. The van der Waals surface area contributed by atoms with Gasteiger partial charge in [-0.3, -0.25) is 9.59 Å². The maximum Gasteiger partial charge on any atom is 0.251 e. The van der Waals surface area contributed by atoms with Crippen LogP contribution in [-0.2, 0) is 9.53 Å². The number of rotatable bonds is 8. The second kappa shape index (κ2) is 9.52. The normalized spacial score (nSPS) is 10.2. The highest BCUT2D eigenvalue weighted by atomic mass is 79.9. The van der Waals surface area contributed by atoms with Crippen molar-refractivity contribution < 1.29 is 14.3 Å². The van der Waals surface area contributed by atoms with Crippen LogP contribution in [0.5, 0.6) is 0 Å². The van der Waals surface area contributed by atoms with Crippen LogP contribution in [0, 0.1) is 0 Å². The number of carbonyl (C=O) groups excluding carboxylic acids is 2. The summed E-state index contributed by atoms with van der Waals surface area (Å²) >= 11 is 3.33. The Balaban J connectivity index is 2.37. The fourth-order valence-electron chi connectivity index (χ4n) is 1.83. The molecule has 0 aliphatic rings. The van der Waals surface area contributed by atoms with Gasteiger partial charge in [0, 0.05) is 50.3 Å². The first-order valence-corrected chi connectivity index (χ1v) is 7.62. The van der Waals surface area contributed by atoms with Gasteiger partial charge >= 0.3 is 0 Å². The summed E-state index contributed by atoms with van der Waals surface area (Å²) in [4.78, 5) is 25.1. The molecule has 2 amide bonds. The highest BCUT2D eigenvalue weighted by Gasteiger charge is 2.09. The molecule has 0 heterocycles. The van der Waals surface area contributed by atoms with Crippen LogP contribution in [-0.4, -0.2) is 50.1 Å². The SMILES string of the molecule is COCCCN(CCNC(=O)c1ccc(Br)cc1)C(C)=O. The van der Waals surface area contributed by atoms with Crippen molar-refractivity contribution in [2.75, 3.05) is 33.4 Å². The zero-order valence-corrected chi connectivity index (χ0v) is 14.0. The minimum Gasteiger partial charge on any atom is -0.385 e. The van der Waals surface area contributed by atoms with E-state index < -0.39 is 0 Å². The lowest BCUT2D eigenvalue weighted by Gasteiger charge is -2.21. The van der Waals surface area contributed by atoms with Crippen LogP contribution < -0.4 is 5.32 Å². The second-order valence-corrected chi connectivity index (χ2v) is 5.53. The standard InChI is InChI=1S/C15H21BrN2O3/c1-12(19)18(9-3-11-21-2)10-8-17-15(20)13-4-6-14(16)7-5-13/h4-7H,3,8-11H2,1-2H3,(H,17,20). The Bertz CT molecular complexity index is 462. The Kier molecular flexibility index (Phi) is 8.00. The van der Waals surface area contributed by atoms with Gasteiger partial charge in [-0.25, -0.2) is 0 Å². The molecular weight excluding hydrogens is 336 g/mol. The number of methoxy groups -OCH3 is 1. The van der Waals surface area contributed by atoms with Gasteiger partial charge in [0.25, 0.3) is 5.91 Å². The van der Waals surface area contributed by atoms with Crippen LogP contribution in [0.3, 0.4) is 0 Å². The van der Waals surface area contributed by atoms with Crippen molar-refractivity contribution >= 4 is 27.7 Å². The molecule has 0 saturated carbocycles. The second-order valence-electron chi connectivity index (χ2n) is 4.62. The zero-order valence-electron chi connectivity index (χ0n) is 12.4. The lowest BCUT2D eigenvalue weighted by atomic mass is 10.2. The van der Waals surface area contributed by atoms with E-state index in [1.807, 2.05) is 12.1 Å². The number of hydrogen-bond donors (Lipinski definition) is 1. The van der Waals surface area contributed by atoms with Gasteiger partial charge in [-0.1, -0.05) is 15.9 Å². The molecule has 0 saturated heterocycles. The van der Waals surface area contributed by atoms with Crippen molar-refractivity contribution in [2.24, 2.45) is 0 Å². The van der Waals surface area contributed by atoms with Crippen LogP contribution >= 0.6 is 15.9 Å². The number of nitrogens with zero attached hydrogens (tertiary/aromatic N) is 1. The molecule has 0 aliphatic heterocycles. The number of ether oxygens (including phenoxy) is 1. The molecule has 1 N–H and O–H groups in total. The van der Waals surface area contributed by atoms with Gasteiger partial charge in [0.2, 0.25) is 5.91 Å². The van der Waals surface area contributed by atoms with E-state index in [1.165, 1.54) is 6.92 Å². The van der Waals surface area contributed by atoms with Gasteiger partial charge in [-0.15, -0.1) is 0 Å². The number of carbonyl (C=O) groups is 2. The van der Waals surface area contributed by atoms with Crippen LogP contribution in [0.4, 0.5) is 0 Å². The Hall–Kier alpha value is -1.40. The van der Waals surface area contributed by atoms with Gasteiger partial charge in [-0.05, 0) is 30.7 Å². The average Bonchev–Trinajstić information content (AvgIpc) is 2.46. The van der Waals surface area contributed by atoms with E-state index in [9.17, 15) is 9.59 Å². The molecule has 0 bridgehead atoms. The molecule has 0 atom stereocenters. The first-order valence-electron chi connectivity index (χ1n) is 6.83. The highest BCUT2D eigenvalue weighted by molar-refractivity contribution is 9.10. The van der Waals surface area contributed by atoms with Crippen molar-refractivity contribution in [3.05, 3.63) is 34.3 Å². The first-order chi connectivity index (χ1) is 10.0. The minimum atomic E-state index is -0.136. The summed E-state index contributed by atoms with van der Waals surface area (Å²) in [6.07, 6.45) is 0.788. The predicted octanol–water partition coefficient (Wildman–Crippen LogP) is 2.06. The molecule has 0 fully saturated rings. The largest absolute Gasteiger partial charge is 0.385 e. The van der Waals surface area contributed by atoms with E-state index >= 15 is 0 Å². The quantitative estimate of drug-likeness (QED) is 0.725. The van der Waals surface area contributed by atoms with Crippen molar-refractivity contribution in [1.29, 1.82) is 0 Å². The van der Waals surface area contributed by atoms with Crippen LogP contribution in [0.1, 0.15) is 23.7 Å². The molecule has 116 valence electrons. The fourth-order valence-corrected chi connectivity index (χ4v) is 2.10. The summed E-state index contributed by atoms with van der Waals surface area (Å²) in [6, 6.07) is 7.14. The molecule has 1 aromatic rings. The number of amides is 2. The lowest BCUT2D eigenvalue weighted by Crippen LogP contribution is -2.38. The lowest BCUT2D eigenvalue weighted by molar-refractivity contribution is -0.129. The number of hydrogen-bond acceptors (Lipinski definition) is 3. The zero-order chi connectivity index (χ0) is 15.7. The molecule has 0 spiro atoms. The summed E-state index contributed by atoms with van der Waals surface area (Å²) < 4.78 is 5.90. The van der Waals surface area contributed by atoms with Crippen molar-refractivity contribution in [2.45, 2.75) is 13.3 Å². The number of benzene rings is 1. The third-order valence-electron chi connectivity index (χ3n) is 3.00. The summed E-state index contributed by atoms with van der Waals surface area (Å²) in [5.74, 6) is -0.133. The molecule has 6 heteroatoms. The van der Waals surface area contributed by atoms with E-state index in [0.717, 1.165) is 10.9 Å². The minimum absolute atomic E-state index is 0.00370. The molecule has 1 rings (SSSR count). The molecule has 0 unspecified atom stereocenters. The molecular formula is C15H21BrN2O3. The predicted molar refractivity (Wildman–Crippen MR) is 85.2 cm³/mol. The van der Waals surface area contributed by atoms with Crippen molar-refractivity contribution in [3.63, 3.8) is 0 Å². The molecule has 0 aromatic heterocycles. The summed E-state index contributed by atoms with van der Waals surface area (Å²) in [5.41, 5.74) is 0.604. The van der Waals surface area contributed by atoms with Crippen LogP contribution in [0.25, 0.3) is 0 Å². The first kappa shape index (κ1) is 17.7. The van der Waals surface area contributed by atoms with E-state index in [0.29, 0.717) is 31.8 Å². The van der Waals surface area contributed by atoms with Gasteiger partial charge < -0.3 is 15.0 Å². The van der Waals surface area contributed by atoms with Gasteiger partial charge in [0.05, 0.1) is 0 Å². The monoisotopic (exact) mass is 356 g/mol. The average molecular weight is 357 g/mol. The molecule has 0 radical (unpaired) electrons. The Morgan fingerprint density at radius 2 is 1.90 bits per heavy atom. The van der Waals surface area contributed by atoms with Crippen LogP contribution in [0.2, 0.25) is 0 Å². The summed E-state index contributed by atoms with van der Waals surface area (Å²) in [6.45, 7) is 3.72. The number of halogens is 1.